The molecule has 4 rings (SSSR count). The highest BCUT2D eigenvalue weighted by Crippen LogP contribution is 2.30. The Hall–Kier alpha value is -2.93. The second-order valence-electron chi connectivity index (χ2n) is 7.02. The van der Waals surface area contributed by atoms with Crippen molar-refractivity contribution in [1.29, 1.82) is 0 Å². The summed E-state index contributed by atoms with van der Waals surface area (Å²) in [6.07, 6.45) is 1.13. The summed E-state index contributed by atoms with van der Waals surface area (Å²) in [7, 11) is -1.25. The summed E-state index contributed by atoms with van der Waals surface area (Å²) >= 11 is 0. The lowest BCUT2D eigenvalue weighted by Crippen LogP contribution is -2.53. The average Bonchev–Trinajstić information content (AvgIpc) is 3.00. The Balaban J connectivity index is 1.53. The van der Waals surface area contributed by atoms with Crippen molar-refractivity contribution in [3.63, 3.8) is 0 Å². The van der Waals surface area contributed by atoms with Crippen molar-refractivity contribution < 1.29 is 24.1 Å². The molecular formula is C20H18BNO5. The molecule has 2 aliphatic rings. The quantitative estimate of drug-likeness (QED) is 0.634. The number of Topliss-reactive ketones (excluding diaryl/α,β-unsaturated/α-hetero) is 2. The highest BCUT2D eigenvalue weighted by molar-refractivity contribution is 6.47. The molecule has 27 heavy (non-hydrogen) atoms. The van der Waals surface area contributed by atoms with Gasteiger partial charge in [0.1, 0.15) is 11.5 Å². The average molecular weight is 363 g/mol. The smallest absolute Gasteiger partial charge is 0.534 e. The van der Waals surface area contributed by atoms with E-state index in [-0.39, 0.29) is 17.5 Å². The van der Waals surface area contributed by atoms with Gasteiger partial charge in [-0.2, -0.15) is 0 Å². The maximum atomic E-state index is 12.6. The zero-order valence-electron chi connectivity index (χ0n) is 14.8. The van der Waals surface area contributed by atoms with Crippen LogP contribution in [0, 0.1) is 0 Å². The van der Waals surface area contributed by atoms with Crippen molar-refractivity contribution in [3.8, 4) is 5.75 Å². The minimum absolute atomic E-state index is 0.144. The van der Waals surface area contributed by atoms with Crippen molar-refractivity contribution in [2.75, 3.05) is 0 Å². The normalized spacial score (nSPS) is 17.8. The minimum atomic E-state index is -1.25. The Morgan fingerprint density at radius 2 is 1.93 bits per heavy atom. The molecule has 1 aliphatic heterocycles. The van der Waals surface area contributed by atoms with Crippen molar-refractivity contribution in [2.45, 2.75) is 32.1 Å². The molecule has 7 heteroatoms. The predicted octanol–water partition coefficient (Wildman–Crippen LogP) is 1.31. The van der Waals surface area contributed by atoms with Crippen LogP contribution < -0.4 is 9.97 Å². The molecule has 0 spiro atoms. The summed E-state index contributed by atoms with van der Waals surface area (Å²) in [6, 6.07) is 10.4. The highest BCUT2D eigenvalue weighted by atomic mass is 16.5. The molecule has 6 nitrogen and oxygen atoms in total. The fraction of sp³-hybridized carbons (Fsp3) is 0.250. The molecule has 1 amide bonds. The molecule has 0 fully saturated rings. The molecule has 0 aromatic heterocycles. The van der Waals surface area contributed by atoms with Crippen LogP contribution in [0.25, 0.3) is 0 Å². The number of rotatable bonds is 3. The van der Waals surface area contributed by atoms with E-state index in [0.29, 0.717) is 36.1 Å². The predicted molar refractivity (Wildman–Crippen MR) is 98.9 cm³/mol. The van der Waals surface area contributed by atoms with E-state index in [9.17, 15) is 19.4 Å². The summed E-state index contributed by atoms with van der Waals surface area (Å²) in [5.41, 5.74) is 3.46. The molecule has 0 unspecified atom stereocenters. The van der Waals surface area contributed by atoms with Gasteiger partial charge in [0.05, 0.1) is 11.5 Å². The molecule has 1 atom stereocenters. The maximum absolute atomic E-state index is 12.6. The summed E-state index contributed by atoms with van der Waals surface area (Å²) in [4.78, 5) is 35.9. The van der Waals surface area contributed by atoms with E-state index in [4.69, 9.17) is 4.65 Å². The number of fused-ring (bicyclic) bond motifs is 2. The van der Waals surface area contributed by atoms with Gasteiger partial charge in [0, 0.05) is 18.4 Å². The topological polar surface area (TPSA) is 92.7 Å². The van der Waals surface area contributed by atoms with E-state index in [1.54, 1.807) is 30.3 Å². The SMILES string of the molecule is CC(=O)c1cccc2c1OB(O)[C@@H](NC(=O)c1ccc3c(c1)CC(=O)C3)C2. The lowest BCUT2D eigenvalue weighted by Gasteiger charge is -2.29. The lowest BCUT2D eigenvalue weighted by atomic mass is 9.72. The molecule has 0 radical (unpaired) electrons. The second-order valence-corrected chi connectivity index (χ2v) is 7.02. The Bertz CT molecular complexity index is 971. The molecule has 136 valence electrons. The fourth-order valence-corrected chi connectivity index (χ4v) is 3.67. The number of carbonyl (C=O) groups excluding carboxylic acids is 3. The Morgan fingerprint density at radius 1 is 1.15 bits per heavy atom. The van der Waals surface area contributed by atoms with Crippen molar-refractivity contribution >= 4 is 24.6 Å². The van der Waals surface area contributed by atoms with Gasteiger partial charge in [0.2, 0.25) is 0 Å². The first-order valence-corrected chi connectivity index (χ1v) is 8.84. The Kier molecular flexibility index (Phi) is 4.32. The number of nitrogens with one attached hydrogen (secondary N) is 1. The number of para-hydroxylation sites is 1. The third-order valence-electron chi connectivity index (χ3n) is 5.06. The van der Waals surface area contributed by atoms with Crippen LogP contribution in [0.4, 0.5) is 0 Å². The third-order valence-corrected chi connectivity index (χ3v) is 5.06. The van der Waals surface area contributed by atoms with Gasteiger partial charge in [-0.25, -0.2) is 0 Å². The van der Waals surface area contributed by atoms with Crippen molar-refractivity contribution in [2.24, 2.45) is 0 Å². The van der Waals surface area contributed by atoms with Crippen molar-refractivity contribution in [3.05, 3.63) is 64.2 Å². The number of benzene rings is 2. The number of hydrogen-bond donors (Lipinski definition) is 2. The van der Waals surface area contributed by atoms with Gasteiger partial charge in [-0.15, -0.1) is 0 Å². The monoisotopic (exact) mass is 363 g/mol. The Morgan fingerprint density at radius 3 is 2.70 bits per heavy atom. The molecule has 1 aliphatic carbocycles. The van der Waals surface area contributed by atoms with Crippen LogP contribution in [-0.2, 0) is 24.1 Å². The second kappa shape index (κ2) is 6.66. The van der Waals surface area contributed by atoms with Gasteiger partial charge in [0.15, 0.2) is 5.78 Å². The summed E-state index contributed by atoms with van der Waals surface area (Å²) < 4.78 is 5.54. The van der Waals surface area contributed by atoms with Crippen LogP contribution in [0.1, 0.15) is 44.3 Å². The van der Waals surface area contributed by atoms with Crippen LogP contribution in [0.15, 0.2) is 36.4 Å². The molecule has 2 aromatic rings. The standard InChI is InChI=1S/C20H18BNO5/c1-11(23)17-4-2-3-13-10-18(21(26)27-19(13)17)22-20(25)14-6-5-12-8-16(24)9-15(12)7-14/h2-7,18,26H,8-10H2,1H3,(H,22,25)/t18-/m0/s1. The first-order chi connectivity index (χ1) is 12.9. The summed E-state index contributed by atoms with van der Waals surface area (Å²) in [5.74, 6) is -0.595. The van der Waals surface area contributed by atoms with Crippen LogP contribution in [0.5, 0.6) is 5.75 Å². The molecule has 2 N–H and O–H groups in total. The van der Waals surface area contributed by atoms with E-state index >= 15 is 0 Å². The van der Waals surface area contributed by atoms with Gasteiger partial charge in [0.25, 0.3) is 5.91 Å². The van der Waals surface area contributed by atoms with E-state index in [1.807, 2.05) is 6.07 Å². The molecular weight excluding hydrogens is 345 g/mol. The number of ketones is 2. The van der Waals surface area contributed by atoms with Gasteiger partial charge in [-0.3, -0.25) is 14.4 Å². The number of hydrogen-bond acceptors (Lipinski definition) is 5. The molecule has 1 heterocycles. The van der Waals surface area contributed by atoms with Crippen LogP contribution in [0.2, 0.25) is 0 Å². The van der Waals surface area contributed by atoms with Gasteiger partial charge >= 0.3 is 7.12 Å². The summed E-state index contributed by atoms with van der Waals surface area (Å²) in [6.45, 7) is 1.44. The lowest BCUT2D eigenvalue weighted by molar-refractivity contribution is -0.117. The third kappa shape index (κ3) is 3.26. The highest BCUT2D eigenvalue weighted by Gasteiger charge is 2.37. The largest absolute Gasteiger partial charge is 0.547 e. The van der Waals surface area contributed by atoms with E-state index in [2.05, 4.69) is 5.32 Å². The van der Waals surface area contributed by atoms with Crippen molar-refractivity contribution in [1.82, 2.24) is 5.32 Å². The summed E-state index contributed by atoms with van der Waals surface area (Å²) in [5, 5.41) is 13.1. The number of carbonyl (C=O) groups is 3. The van der Waals surface area contributed by atoms with Crippen LogP contribution >= 0.6 is 0 Å². The minimum Gasteiger partial charge on any atom is -0.534 e. The zero-order chi connectivity index (χ0) is 19.1. The maximum Gasteiger partial charge on any atom is 0.547 e. The van der Waals surface area contributed by atoms with Gasteiger partial charge in [-0.1, -0.05) is 18.2 Å². The molecule has 0 saturated carbocycles. The van der Waals surface area contributed by atoms with E-state index in [0.717, 1.165) is 16.7 Å². The first kappa shape index (κ1) is 17.5. The molecule has 2 aromatic carbocycles. The molecule has 0 saturated heterocycles. The zero-order valence-corrected chi connectivity index (χ0v) is 14.8. The van der Waals surface area contributed by atoms with Crippen LogP contribution in [0.3, 0.4) is 0 Å². The fourth-order valence-electron chi connectivity index (χ4n) is 3.67. The Labute approximate surface area is 156 Å². The van der Waals surface area contributed by atoms with E-state index in [1.165, 1.54) is 6.92 Å². The number of amides is 1. The van der Waals surface area contributed by atoms with Gasteiger partial charge in [-0.05, 0) is 48.2 Å². The van der Waals surface area contributed by atoms with Gasteiger partial charge < -0.3 is 15.0 Å². The van der Waals surface area contributed by atoms with Crippen LogP contribution in [-0.4, -0.2) is 35.6 Å². The van der Waals surface area contributed by atoms with E-state index < -0.39 is 13.1 Å². The first-order valence-electron chi connectivity index (χ1n) is 8.84. The molecule has 0 bridgehead atoms.